The standard InChI is InChI=1S/C18H38O3Si/c1-13(2)15(21-22(9,10)18(6,7)8)11-14(19)12-16(20)17(3,4)5/h13-15,19H,11-12H2,1-10H3/t14-,15-/m0/s1. The van der Waals surface area contributed by atoms with E-state index in [-0.39, 0.29) is 23.3 Å². The lowest BCUT2D eigenvalue weighted by atomic mass is 9.86. The summed E-state index contributed by atoms with van der Waals surface area (Å²) < 4.78 is 6.47. The minimum atomic E-state index is -1.87. The molecule has 0 aliphatic carbocycles. The van der Waals surface area contributed by atoms with Gasteiger partial charge in [0, 0.05) is 17.9 Å². The predicted molar refractivity (Wildman–Crippen MR) is 96.6 cm³/mol. The maximum atomic E-state index is 12.1. The number of ketones is 1. The highest BCUT2D eigenvalue weighted by Gasteiger charge is 2.40. The van der Waals surface area contributed by atoms with Gasteiger partial charge in [0.25, 0.3) is 0 Å². The van der Waals surface area contributed by atoms with E-state index in [2.05, 4.69) is 47.7 Å². The normalized spacial score (nSPS) is 16.7. The predicted octanol–water partition coefficient (Wildman–Crippen LogP) is 4.79. The van der Waals surface area contributed by atoms with Gasteiger partial charge < -0.3 is 9.53 Å². The number of rotatable bonds is 7. The zero-order valence-corrected chi connectivity index (χ0v) is 17.4. The average molecular weight is 331 g/mol. The summed E-state index contributed by atoms with van der Waals surface area (Å²) in [7, 11) is -1.87. The molecule has 0 aromatic rings. The van der Waals surface area contributed by atoms with Gasteiger partial charge in [-0.15, -0.1) is 0 Å². The van der Waals surface area contributed by atoms with Crippen LogP contribution in [0.25, 0.3) is 0 Å². The smallest absolute Gasteiger partial charge is 0.192 e. The van der Waals surface area contributed by atoms with Crippen LogP contribution in [-0.4, -0.2) is 31.4 Å². The van der Waals surface area contributed by atoms with Crippen molar-refractivity contribution in [3.05, 3.63) is 0 Å². The fraction of sp³-hybridized carbons (Fsp3) is 0.944. The lowest BCUT2D eigenvalue weighted by Gasteiger charge is -2.41. The van der Waals surface area contributed by atoms with Gasteiger partial charge in [-0.25, -0.2) is 0 Å². The molecular weight excluding hydrogens is 292 g/mol. The first-order valence-corrected chi connectivity index (χ1v) is 11.4. The molecule has 0 aliphatic rings. The number of hydrogen-bond donors (Lipinski definition) is 1. The lowest BCUT2D eigenvalue weighted by Crippen LogP contribution is -2.46. The molecule has 0 aliphatic heterocycles. The Morgan fingerprint density at radius 3 is 1.86 bits per heavy atom. The molecule has 0 aromatic heterocycles. The SMILES string of the molecule is CC(C)[C@H](C[C@H](O)CC(=O)C(C)(C)C)O[Si](C)(C)C(C)(C)C. The summed E-state index contributed by atoms with van der Waals surface area (Å²) in [5.74, 6) is 0.434. The highest BCUT2D eigenvalue weighted by Crippen LogP contribution is 2.38. The molecule has 4 heteroatoms. The van der Waals surface area contributed by atoms with Gasteiger partial charge in [-0.3, -0.25) is 4.79 Å². The topological polar surface area (TPSA) is 46.5 Å². The third kappa shape index (κ3) is 6.92. The summed E-state index contributed by atoms with van der Waals surface area (Å²) in [5.41, 5.74) is -0.394. The Bertz CT molecular complexity index is 362. The number of carbonyl (C=O) groups is 1. The van der Waals surface area contributed by atoms with Gasteiger partial charge in [-0.2, -0.15) is 0 Å². The van der Waals surface area contributed by atoms with Crippen molar-refractivity contribution in [2.24, 2.45) is 11.3 Å². The summed E-state index contributed by atoms with van der Waals surface area (Å²) in [6, 6.07) is 0. The molecular formula is C18H38O3Si. The molecule has 0 spiro atoms. The number of aliphatic hydroxyl groups is 1. The fourth-order valence-electron chi connectivity index (χ4n) is 1.88. The Labute approximate surface area is 139 Å². The molecule has 132 valence electrons. The van der Waals surface area contributed by atoms with Gasteiger partial charge in [0.05, 0.1) is 6.10 Å². The molecule has 3 nitrogen and oxygen atoms in total. The van der Waals surface area contributed by atoms with Crippen LogP contribution in [0.2, 0.25) is 18.1 Å². The molecule has 0 radical (unpaired) electrons. The van der Waals surface area contributed by atoms with Crippen LogP contribution in [0.3, 0.4) is 0 Å². The zero-order chi connectivity index (χ0) is 17.9. The molecule has 22 heavy (non-hydrogen) atoms. The second kappa shape index (κ2) is 7.58. The highest BCUT2D eigenvalue weighted by molar-refractivity contribution is 6.74. The van der Waals surface area contributed by atoms with Crippen LogP contribution in [-0.2, 0) is 9.22 Å². The van der Waals surface area contributed by atoms with Crippen molar-refractivity contribution in [3.63, 3.8) is 0 Å². The summed E-state index contributed by atoms with van der Waals surface area (Å²) >= 11 is 0. The summed E-state index contributed by atoms with van der Waals surface area (Å²) in [5, 5.41) is 10.5. The van der Waals surface area contributed by atoms with Crippen LogP contribution in [0.5, 0.6) is 0 Å². The summed E-state index contributed by atoms with van der Waals surface area (Å²) in [6.45, 7) is 21.1. The first-order chi connectivity index (χ1) is 9.58. The van der Waals surface area contributed by atoms with Crippen molar-refractivity contribution in [3.8, 4) is 0 Å². The molecule has 0 unspecified atom stereocenters. The molecule has 2 atom stereocenters. The monoisotopic (exact) mass is 330 g/mol. The van der Waals surface area contributed by atoms with Crippen LogP contribution >= 0.6 is 0 Å². The van der Waals surface area contributed by atoms with Crippen molar-refractivity contribution >= 4 is 14.1 Å². The number of aliphatic hydroxyl groups excluding tert-OH is 1. The minimum absolute atomic E-state index is 0.00339. The Kier molecular flexibility index (Phi) is 7.52. The van der Waals surface area contributed by atoms with E-state index in [1.165, 1.54) is 0 Å². The molecule has 0 rings (SSSR count). The quantitative estimate of drug-likeness (QED) is 0.683. The molecule has 0 amide bonds. The largest absolute Gasteiger partial charge is 0.414 e. The van der Waals surface area contributed by atoms with E-state index in [4.69, 9.17) is 4.43 Å². The number of Topliss-reactive ketones (excluding diaryl/α,β-unsaturated/α-hetero) is 1. The van der Waals surface area contributed by atoms with Gasteiger partial charge in [-0.05, 0) is 30.5 Å². The van der Waals surface area contributed by atoms with E-state index in [0.717, 1.165) is 0 Å². The third-order valence-electron chi connectivity index (χ3n) is 4.76. The number of hydrogen-bond acceptors (Lipinski definition) is 3. The van der Waals surface area contributed by atoms with Crippen molar-refractivity contribution in [2.75, 3.05) is 0 Å². The van der Waals surface area contributed by atoms with Crippen LogP contribution in [0, 0.1) is 11.3 Å². The maximum absolute atomic E-state index is 12.1. The van der Waals surface area contributed by atoms with Gasteiger partial charge in [0.15, 0.2) is 8.32 Å². The van der Waals surface area contributed by atoms with E-state index < -0.39 is 19.8 Å². The van der Waals surface area contributed by atoms with Gasteiger partial charge in [0.2, 0.25) is 0 Å². The first-order valence-electron chi connectivity index (χ1n) is 8.47. The molecule has 0 fully saturated rings. The zero-order valence-electron chi connectivity index (χ0n) is 16.4. The average Bonchev–Trinajstić information content (AvgIpc) is 2.24. The second-order valence-electron chi connectivity index (χ2n) is 9.43. The van der Waals surface area contributed by atoms with E-state index in [1.807, 2.05) is 20.8 Å². The Hall–Kier alpha value is -0.193. The molecule has 0 heterocycles. The number of carbonyl (C=O) groups excluding carboxylic acids is 1. The fourth-order valence-corrected chi connectivity index (χ4v) is 3.36. The van der Waals surface area contributed by atoms with Crippen molar-refractivity contribution < 1.29 is 14.3 Å². The van der Waals surface area contributed by atoms with Crippen LogP contribution in [0.4, 0.5) is 0 Å². The highest BCUT2D eigenvalue weighted by atomic mass is 28.4. The van der Waals surface area contributed by atoms with E-state index >= 15 is 0 Å². The minimum Gasteiger partial charge on any atom is -0.414 e. The van der Waals surface area contributed by atoms with Crippen LogP contribution < -0.4 is 0 Å². The van der Waals surface area contributed by atoms with Gasteiger partial charge in [0.1, 0.15) is 5.78 Å². The van der Waals surface area contributed by atoms with Crippen molar-refractivity contribution in [1.82, 2.24) is 0 Å². The van der Waals surface area contributed by atoms with E-state index in [9.17, 15) is 9.90 Å². The van der Waals surface area contributed by atoms with Crippen molar-refractivity contribution in [2.45, 2.75) is 98.6 Å². The van der Waals surface area contributed by atoms with Gasteiger partial charge >= 0.3 is 0 Å². The lowest BCUT2D eigenvalue weighted by molar-refractivity contribution is -0.128. The summed E-state index contributed by atoms with van der Waals surface area (Å²) in [6.07, 6.45) is 0.132. The first kappa shape index (κ1) is 21.8. The van der Waals surface area contributed by atoms with Crippen LogP contribution in [0.15, 0.2) is 0 Å². The molecule has 0 saturated carbocycles. The second-order valence-corrected chi connectivity index (χ2v) is 14.2. The molecule has 0 bridgehead atoms. The Balaban J connectivity index is 4.84. The van der Waals surface area contributed by atoms with Crippen LogP contribution in [0.1, 0.15) is 68.2 Å². The Morgan fingerprint density at radius 2 is 1.55 bits per heavy atom. The molecule has 0 saturated heterocycles. The van der Waals surface area contributed by atoms with Crippen molar-refractivity contribution in [1.29, 1.82) is 0 Å². The maximum Gasteiger partial charge on any atom is 0.192 e. The van der Waals surface area contributed by atoms with E-state index in [1.54, 1.807) is 0 Å². The van der Waals surface area contributed by atoms with E-state index in [0.29, 0.717) is 12.3 Å². The summed E-state index contributed by atoms with van der Waals surface area (Å²) in [4.78, 5) is 12.1. The molecule has 0 aromatic carbocycles. The molecule has 1 N–H and O–H groups in total. The third-order valence-corrected chi connectivity index (χ3v) is 9.26. The van der Waals surface area contributed by atoms with Gasteiger partial charge in [-0.1, -0.05) is 55.4 Å². The Morgan fingerprint density at radius 1 is 1.09 bits per heavy atom.